The summed E-state index contributed by atoms with van der Waals surface area (Å²) in [4.78, 5) is 25.4. The normalized spacial score (nSPS) is 33.8. The third-order valence-corrected chi connectivity index (χ3v) is 15.0. The van der Waals surface area contributed by atoms with Crippen molar-refractivity contribution in [3.63, 3.8) is 0 Å². The van der Waals surface area contributed by atoms with Crippen LogP contribution in [0.25, 0.3) is 18.2 Å². The molecule has 89 heavy (non-hydrogen) atoms. The van der Waals surface area contributed by atoms with E-state index in [2.05, 4.69) is 0 Å². The summed E-state index contributed by atoms with van der Waals surface area (Å²) in [5.41, 5.74) is 0.693. The molecule has 0 amide bonds. The third kappa shape index (κ3) is 14.7. The van der Waals surface area contributed by atoms with Gasteiger partial charge in [0.1, 0.15) is 121 Å². The number of fused-ring (bicyclic) bond motifs is 1. The van der Waals surface area contributed by atoms with Crippen molar-refractivity contribution in [1.29, 1.82) is 0 Å². The van der Waals surface area contributed by atoms with Crippen LogP contribution in [0.15, 0.2) is 84.6 Å². The van der Waals surface area contributed by atoms with Gasteiger partial charge in [-0.3, -0.25) is 0 Å². The van der Waals surface area contributed by atoms with Crippen molar-refractivity contribution >= 4 is 30.2 Å². The fourth-order valence-electron chi connectivity index (χ4n) is 9.95. The highest BCUT2D eigenvalue weighted by atomic mass is 16.7. The molecule has 5 heterocycles. The van der Waals surface area contributed by atoms with Gasteiger partial charge in [-0.15, -0.1) is 0 Å². The maximum absolute atomic E-state index is 13.1. The van der Waals surface area contributed by atoms with Gasteiger partial charge in [-0.1, -0.05) is 18.2 Å². The number of phenolic OH excluding ortho intramolecular Hbond substituents is 5. The van der Waals surface area contributed by atoms with Crippen LogP contribution in [-0.2, 0) is 47.5 Å². The molecule has 5 aliphatic rings. The first kappa shape index (κ1) is 65.8. The van der Waals surface area contributed by atoms with Crippen LogP contribution < -0.4 is 18.9 Å². The molecule has 0 aromatic heterocycles. The van der Waals surface area contributed by atoms with E-state index in [1.165, 1.54) is 80.8 Å². The second-order valence-electron chi connectivity index (χ2n) is 21.1. The van der Waals surface area contributed by atoms with E-state index in [0.29, 0.717) is 11.1 Å². The van der Waals surface area contributed by atoms with E-state index >= 15 is 0 Å². The fourth-order valence-corrected chi connectivity index (χ4v) is 9.95. The minimum atomic E-state index is -2.05. The van der Waals surface area contributed by atoms with Crippen LogP contribution in [0.1, 0.15) is 35.3 Å². The highest BCUT2D eigenvalue weighted by Crippen LogP contribution is 2.48. The number of aliphatic hydroxyl groups excluding tert-OH is 12. The molecule has 484 valence electrons. The number of hydrogen-bond acceptors (Lipinski definition) is 31. The van der Waals surface area contributed by atoms with Crippen LogP contribution in [0.4, 0.5) is 0 Å². The molecule has 4 aromatic rings. The van der Waals surface area contributed by atoms with Crippen molar-refractivity contribution in [3.05, 3.63) is 107 Å². The Balaban J connectivity index is 0.809. The molecule has 17 N–H and O–H groups in total. The maximum Gasteiger partial charge on any atom is 0.331 e. The minimum Gasteiger partial charge on any atom is -0.508 e. The Labute approximate surface area is 503 Å². The zero-order valence-electron chi connectivity index (χ0n) is 46.8. The van der Waals surface area contributed by atoms with Gasteiger partial charge in [0.05, 0.1) is 32.0 Å². The summed E-state index contributed by atoms with van der Waals surface area (Å²) in [6.07, 6.45) is -30.2. The van der Waals surface area contributed by atoms with Crippen LogP contribution in [0.3, 0.4) is 0 Å². The molecule has 4 saturated heterocycles. The molecule has 5 aliphatic heterocycles. The van der Waals surface area contributed by atoms with Crippen molar-refractivity contribution in [1.82, 2.24) is 0 Å². The van der Waals surface area contributed by atoms with Gasteiger partial charge in [0.25, 0.3) is 0 Å². The van der Waals surface area contributed by atoms with Crippen LogP contribution in [0.2, 0.25) is 0 Å². The van der Waals surface area contributed by atoms with Crippen LogP contribution in [-0.4, -0.2) is 249 Å². The van der Waals surface area contributed by atoms with Crippen LogP contribution in [0, 0.1) is 0 Å². The van der Waals surface area contributed by atoms with E-state index in [4.69, 9.17) is 56.8 Å². The Morgan fingerprint density at radius 2 is 1.11 bits per heavy atom. The molecule has 0 radical (unpaired) electrons. The number of benzene rings is 4. The largest absolute Gasteiger partial charge is 0.508 e. The lowest BCUT2D eigenvalue weighted by Gasteiger charge is -2.43. The molecule has 4 aromatic carbocycles. The first-order valence-electron chi connectivity index (χ1n) is 27.4. The molecule has 31 heteroatoms. The van der Waals surface area contributed by atoms with E-state index in [0.717, 1.165) is 30.4 Å². The van der Waals surface area contributed by atoms with E-state index in [-0.39, 0.29) is 45.6 Å². The standard InChI is InChI=1S/C58H66O31/c1-22-53(89-40(65)12-6-23-3-8-27(9-4-23)82-56-49(74)46(71)43(68)37(87-56)20-79-39(64)11-7-24-5-10-29(61)30(62)13-24)48(73)52(77)55(81-22)80-21-38-44(69)47(72)51(76)58(88-38)85-35-18-28-32(83-54(35)25-14-31(63)41(66)34(15-25)78-2)16-26(60)17-33(28)84-57-50(75)45(70)42(67)36(19-59)86-57/h3-18,22,36-38,42-63,66-77H,19-21H2,1-2H3. The number of methoxy groups -OCH3 is 1. The Hall–Kier alpha value is -7.64. The van der Waals surface area contributed by atoms with Gasteiger partial charge >= 0.3 is 11.9 Å². The summed E-state index contributed by atoms with van der Waals surface area (Å²) < 4.78 is 68.3. The van der Waals surface area contributed by atoms with Crippen molar-refractivity contribution in [2.45, 2.75) is 136 Å². The number of phenols is 5. The summed E-state index contributed by atoms with van der Waals surface area (Å²) in [6, 6.07) is 14.1. The van der Waals surface area contributed by atoms with Crippen molar-refractivity contribution < 1.29 is 153 Å². The van der Waals surface area contributed by atoms with Gasteiger partial charge in [0.2, 0.25) is 24.6 Å². The van der Waals surface area contributed by atoms with Gasteiger partial charge in [0, 0.05) is 29.8 Å². The molecular formula is C58H66O31. The predicted octanol–water partition coefficient (Wildman–Crippen LogP) is -2.75. The van der Waals surface area contributed by atoms with Gasteiger partial charge in [-0.25, -0.2) is 9.59 Å². The van der Waals surface area contributed by atoms with Crippen LogP contribution in [0.5, 0.6) is 51.7 Å². The number of ether oxygens (including phenoxy) is 12. The maximum atomic E-state index is 13.1. The lowest BCUT2D eigenvalue weighted by molar-refractivity contribution is -0.325. The first-order chi connectivity index (χ1) is 42.3. The predicted molar refractivity (Wildman–Crippen MR) is 293 cm³/mol. The third-order valence-electron chi connectivity index (χ3n) is 15.0. The van der Waals surface area contributed by atoms with Gasteiger partial charge in [-0.05, 0) is 72.7 Å². The number of hydrogen-bond donors (Lipinski definition) is 17. The SMILES string of the molecule is COc1cc(C2Oc3cc(O)cc(OC4OC(CO)C(O)C(O)C4O)c3C=C2OC2OC(COC3OC(C)C(OC(=O)C=Cc4ccc(OC5OC(COC(=O)C=Cc6ccc(O)c(O)c6)C(O)C(O)C5O)cc4)C(O)C3O)C(O)C(O)C2O)cc(O)c1O. The number of aromatic hydroxyl groups is 5. The highest BCUT2D eigenvalue weighted by Gasteiger charge is 2.51. The quantitative estimate of drug-likeness (QED) is 0.0257. The molecule has 31 nitrogen and oxygen atoms in total. The zero-order valence-corrected chi connectivity index (χ0v) is 46.8. The first-order valence-corrected chi connectivity index (χ1v) is 27.4. The average Bonchev–Trinajstić information content (AvgIpc) is 0.919. The molecular weight excluding hydrogens is 1190 g/mol. The number of rotatable bonds is 19. The summed E-state index contributed by atoms with van der Waals surface area (Å²) >= 11 is 0. The number of carbonyl (C=O) groups is 2. The summed E-state index contributed by atoms with van der Waals surface area (Å²) in [6.45, 7) is -0.732. The van der Waals surface area contributed by atoms with Crippen molar-refractivity contribution in [3.8, 4) is 51.7 Å². The van der Waals surface area contributed by atoms with E-state index in [9.17, 15) is 96.4 Å². The van der Waals surface area contributed by atoms with Crippen LogP contribution >= 0.6 is 0 Å². The molecule has 0 aliphatic carbocycles. The number of esters is 2. The molecule has 0 spiro atoms. The average molecular weight is 1260 g/mol. The summed E-state index contributed by atoms with van der Waals surface area (Å²) in [5.74, 6) is -5.44. The molecule has 0 saturated carbocycles. The fraction of sp³-hybridized carbons (Fsp3) is 0.448. The highest BCUT2D eigenvalue weighted by molar-refractivity contribution is 5.88. The molecule has 9 rings (SSSR count). The lowest BCUT2D eigenvalue weighted by Crippen LogP contribution is -2.61. The summed E-state index contributed by atoms with van der Waals surface area (Å²) in [5, 5.41) is 180. The van der Waals surface area contributed by atoms with Gasteiger partial charge in [0.15, 0.2) is 41.5 Å². The topological polar surface area (TPSA) is 489 Å². The second kappa shape index (κ2) is 28.0. The smallest absolute Gasteiger partial charge is 0.331 e. The van der Waals surface area contributed by atoms with Gasteiger partial charge in [-0.2, -0.15) is 0 Å². The Bertz CT molecular complexity index is 3210. The zero-order chi connectivity index (χ0) is 64.3. The molecule has 21 atom stereocenters. The molecule has 0 bridgehead atoms. The van der Waals surface area contributed by atoms with E-state index in [1.807, 2.05) is 0 Å². The van der Waals surface area contributed by atoms with E-state index in [1.54, 1.807) is 0 Å². The minimum absolute atomic E-state index is 0.00768. The molecule has 21 unspecified atom stereocenters. The summed E-state index contributed by atoms with van der Waals surface area (Å²) in [7, 11) is 1.19. The molecule has 4 fully saturated rings. The lowest BCUT2D eigenvalue weighted by atomic mass is 9.97. The van der Waals surface area contributed by atoms with E-state index < -0.39 is 184 Å². The Kier molecular flexibility index (Phi) is 20.7. The second-order valence-corrected chi connectivity index (χ2v) is 21.1. The van der Waals surface area contributed by atoms with Crippen molar-refractivity contribution in [2.75, 3.05) is 26.9 Å². The Morgan fingerprint density at radius 1 is 0.539 bits per heavy atom. The number of carbonyl (C=O) groups excluding carboxylic acids is 2. The van der Waals surface area contributed by atoms with Gasteiger partial charge < -0.3 is 144 Å². The number of aliphatic hydroxyl groups is 12. The van der Waals surface area contributed by atoms with Crippen molar-refractivity contribution in [2.24, 2.45) is 0 Å². The Morgan fingerprint density at radius 3 is 1.75 bits per heavy atom. The monoisotopic (exact) mass is 1260 g/mol.